The van der Waals surface area contributed by atoms with Crippen LogP contribution in [-0.2, 0) is 13.5 Å². The van der Waals surface area contributed by atoms with Crippen molar-refractivity contribution in [3.63, 3.8) is 0 Å². The Morgan fingerprint density at radius 3 is 2.86 bits per heavy atom. The standard InChI is InChI=1S/C20H14F2N6O/c1-28-10-13(8-25-28)12-5-14-15(9-24-19(14)23-7-12)20-27-26-17(29-20)6-11-3-2-4-16(21)18(11)22/h2-5,7-10H,6H2,1H3,(H,23,24). The number of hydrogen-bond donors (Lipinski definition) is 1. The summed E-state index contributed by atoms with van der Waals surface area (Å²) in [5.74, 6) is -1.36. The van der Waals surface area contributed by atoms with Crippen LogP contribution in [-0.4, -0.2) is 29.9 Å². The molecule has 0 aliphatic rings. The number of halogens is 2. The van der Waals surface area contributed by atoms with Crippen LogP contribution in [0.1, 0.15) is 11.5 Å². The van der Waals surface area contributed by atoms with Crippen molar-refractivity contribution in [2.45, 2.75) is 6.42 Å². The van der Waals surface area contributed by atoms with E-state index in [-0.39, 0.29) is 23.8 Å². The van der Waals surface area contributed by atoms with Gasteiger partial charge in [-0.05, 0) is 12.1 Å². The molecule has 0 saturated heterocycles. The van der Waals surface area contributed by atoms with Crippen LogP contribution in [0.2, 0.25) is 0 Å². The van der Waals surface area contributed by atoms with E-state index in [0.29, 0.717) is 11.2 Å². The second-order valence-electron chi connectivity index (χ2n) is 6.62. The number of nitrogens with one attached hydrogen (secondary N) is 1. The van der Waals surface area contributed by atoms with E-state index in [2.05, 4.69) is 25.3 Å². The molecule has 0 amide bonds. The number of pyridine rings is 1. The van der Waals surface area contributed by atoms with Gasteiger partial charge in [0.05, 0.1) is 18.2 Å². The molecule has 0 saturated carbocycles. The minimum absolute atomic E-state index is 0.00185. The SMILES string of the molecule is Cn1cc(-c2cnc3[nH]cc(-c4nnc(Cc5cccc(F)c5F)o4)c3c2)cn1. The lowest BCUT2D eigenvalue weighted by Crippen LogP contribution is -1.95. The molecule has 9 heteroatoms. The van der Waals surface area contributed by atoms with Crippen molar-refractivity contribution < 1.29 is 13.2 Å². The van der Waals surface area contributed by atoms with E-state index in [1.54, 1.807) is 23.3 Å². The minimum atomic E-state index is -0.912. The van der Waals surface area contributed by atoms with E-state index < -0.39 is 11.6 Å². The van der Waals surface area contributed by atoms with Gasteiger partial charge in [-0.25, -0.2) is 13.8 Å². The van der Waals surface area contributed by atoms with Crippen molar-refractivity contribution in [1.29, 1.82) is 0 Å². The van der Waals surface area contributed by atoms with Crippen molar-refractivity contribution in [2.24, 2.45) is 7.05 Å². The molecule has 4 aromatic heterocycles. The zero-order chi connectivity index (χ0) is 20.0. The number of H-pyrrole nitrogens is 1. The van der Waals surface area contributed by atoms with E-state index >= 15 is 0 Å². The number of rotatable bonds is 4. The summed E-state index contributed by atoms with van der Waals surface area (Å²) in [6, 6.07) is 5.95. The number of aromatic nitrogens is 6. The van der Waals surface area contributed by atoms with E-state index in [4.69, 9.17) is 4.42 Å². The molecule has 0 atom stereocenters. The van der Waals surface area contributed by atoms with Gasteiger partial charge < -0.3 is 9.40 Å². The van der Waals surface area contributed by atoms with Crippen molar-refractivity contribution in [3.8, 4) is 22.6 Å². The lowest BCUT2D eigenvalue weighted by atomic mass is 10.1. The average Bonchev–Trinajstić information content (AvgIpc) is 3.44. The Balaban J connectivity index is 1.50. The Bertz CT molecular complexity index is 1340. The van der Waals surface area contributed by atoms with Crippen LogP contribution in [0.3, 0.4) is 0 Å². The van der Waals surface area contributed by atoms with Crippen LogP contribution >= 0.6 is 0 Å². The Labute approximate surface area is 163 Å². The molecule has 0 spiro atoms. The third-order valence-corrected chi connectivity index (χ3v) is 4.64. The number of hydrogen-bond acceptors (Lipinski definition) is 5. The molecule has 0 radical (unpaired) electrons. The van der Waals surface area contributed by atoms with Crippen LogP contribution in [0.25, 0.3) is 33.6 Å². The van der Waals surface area contributed by atoms with Crippen LogP contribution in [0, 0.1) is 11.6 Å². The normalized spacial score (nSPS) is 11.4. The zero-order valence-electron chi connectivity index (χ0n) is 15.2. The summed E-state index contributed by atoms with van der Waals surface area (Å²) >= 11 is 0. The molecule has 5 aromatic rings. The van der Waals surface area contributed by atoms with E-state index in [9.17, 15) is 8.78 Å². The summed E-state index contributed by atoms with van der Waals surface area (Å²) in [5.41, 5.74) is 3.33. The van der Waals surface area contributed by atoms with Gasteiger partial charge in [0.2, 0.25) is 11.8 Å². The van der Waals surface area contributed by atoms with Crippen LogP contribution < -0.4 is 0 Å². The smallest absolute Gasteiger partial charge is 0.249 e. The van der Waals surface area contributed by atoms with Crippen molar-refractivity contribution in [3.05, 3.63) is 72.1 Å². The molecule has 4 heterocycles. The quantitative estimate of drug-likeness (QED) is 0.502. The van der Waals surface area contributed by atoms with Gasteiger partial charge in [-0.1, -0.05) is 12.1 Å². The summed E-state index contributed by atoms with van der Waals surface area (Å²) in [6.45, 7) is 0. The predicted molar refractivity (Wildman–Crippen MR) is 101 cm³/mol. The minimum Gasteiger partial charge on any atom is -0.420 e. The predicted octanol–water partition coefficient (Wildman–Crippen LogP) is 3.88. The van der Waals surface area contributed by atoms with Crippen LogP contribution in [0.4, 0.5) is 8.78 Å². The van der Waals surface area contributed by atoms with Gasteiger partial charge in [-0.15, -0.1) is 10.2 Å². The maximum atomic E-state index is 13.9. The van der Waals surface area contributed by atoms with Crippen molar-refractivity contribution in [2.75, 3.05) is 0 Å². The van der Waals surface area contributed by atoms with E-state index in [0.717, 1.165) is 22.6 Å². The average molecular weight is 392 g/mol. The highest BCUT2D eigenvalue weighted by Crippen LogP contribution is 2.30. The fraction of sp³-hybridized carbons (Fsp3) is 0.100. The first-order valence-electron chi connectivity index (χ1n) is 8.80. The molecule has 0 fully saturated rings. The highest BCUT2D eigenvalue weighted by Gasteiger charge is 2.17. The van der Waals surface area contributed by atoms with Gasteiger partial charge in [-0.2, -0.15) is 5.10 Å². The molecule has 0 unspecified atom stereocenters. The highest BCUT2D eigenvalue weighted by molar-refractivity contribution is 5.93. The van der Waals surface area contributed by atoms with E-state index in [1.165, 1.54) is 12.1 Å². The Hall–Kier alpha value is -3.88. The topological polar surface area (TPSA) is 85.4 Å². The third kappa shape index (κ3) is 3.06. The number of nitrogens with zero attached hydrogens (tertiary/aromatic N) is 5. The zero-order valence-corrected chi connectivity index (χ0v) is 15.2. The maximum absolute atomic E-state index is 13.9. The molecule has 7 nitrogen and oxygen atoms in total. The fourth-order valence-electron chi connectivity index (χ4n) is 3.19. The number of fused-ring (bicyclic) bond motifs is 1. The first-order valence-corrected chi connectivity index (χ1v) is 8.80. The molecule has 144 valence electrons. The van der Waals surface area contributed by atoms with Crippen molar-refractivity contribution >= 4 is 11.0 Å². The van der Waals surface area contributed by atoms with Gasteiger partial charge in [-0.3, -0.25) is 4.68 Å². The Kier molecular flexibility index (Phi) is 3.94. The lowest BCUT2D eigenvalue weighted by Gasteiger charge is -2.00. The van der Waals surface area contributed by atoms with Gasteiger partial charge in [0.1, 0.15) is 5.65 Å². The second-order valence-corrected chi connectivity index (χ2v) is 6.62. The Morgan fingerprint density at radius 2 is 2.03 bits per heavy atom. The molecular formula is C20H14F2N6O. The molecular weight excluding hydrogens is 378 g/mol. The summed E-state index contributed by atoms with van der Waals surface area (Å²) < 4.78 is 34.7. The number of aryl methyl sites for hydroxylation is 1. The van der Waals surface area contributed by atoms with Gasteiger partial charge in [0.15, 0.2) is 11.6 Å². The third-order valence-electron chi connectivity index (χ3n) is 4.64. The molecule has 0 aliphatic heterocycles. The molecule has 5 rings (SSSR count). The van der Waals surface area contributed by atoms with Crippen LogP contribution in [0.15, 0.2) is 53.5 Å². The molecule has 1 aromatic carbocycles. The highest BCUT2D eigenvalue weighted by atomic mass is 19.2. The van der Waals surface area contributed by atoms with Crippen LogP contribution in [0.5, 0.6) is 0 Å². The summed E-state index contributed by atoms with van der Waals surface area (Å²) in [6.07, 6.45) is 7.13. The van der Waals surface area contributed by atoms with Gasteiger partial charge in [0, 0.05) is 47.7 Å². The first-order chi connectivity index (χ1) is 14.1. The summed E-state index contributed by atoms with van der Waals surface area (Å²) in [5, 5.41) is 13.0. The molecule has 1 N–H and O–H groups in total. The molecule has 0 bridgehead atoms. The monoisotopic (exact) mass is 392 g/mol. The summed E-state index contributed by atoms with van der Waals surface area (Å²) in [4.78, 5) is 7.51. The maximum Gasteiger partial charge on any atom is 0.249 e. The molecule has 29 heavy (non-hydrogen) atoms. The first kappa shape index (κ1) is 17.2. The van der Waals surface area contributed by atoms with E-state index in [1.807, 2.05) is 19.3 Å². The van der Waals surface area contributed by atoms with Crippen molar-refractivity contribution in [1.82, 2.24) is 29.9 Å². The number of benzene rings is 1. The largest absolute Gasteiger partial charge is 0.420 e. The second kappa shape index (κ2) is 6.62. The van der Waals surface area contributed by atoms with Gasteiger partial charge >= 0.3 is 0 Å². The molecule has 0 aliphatic carbocycles. The fourth-order valence-corrected chi connectivity index (χ4v) is 3.19. The number of aromatic amines is 1. The Morgan fingerprint density at radius 1 is 1.14 bits per heavy atom. The lowest BCUT2D eigenvalue weighted by molar-refractivity contribution is 0.485. The summed E-state index contributed by atoms with van der Waals surface area (Å²) in [7, 11) is 1.85. The van der Waals surface area contributed by atoms with Gasteiger partial charge in [0.25, 0.3) is 0 Å².